The molecule has 0 aromatic carbocycles. The molecule has 1 heterocycles. The first kappa shape index (κ1) is 16.4. The second kappa shape index (κ2) is 5.79. The monoisotopic (exact) mass is 295 g/mol. The van der Waals surface area contributed by atoms with Gasteiger partial charge in [-0.15, -0.1) is 11.3 Å². The number of thiazole rings is 1. The Bertz CT molecular complexity index is 402. The summed E-state index contributed by atoms with van der Waals surface area (Å²) in [5.41, 5.74) is -1.22. The normalized spacial score (nSPS) is 13.6. The molecular weight excluding hydrogens is 275 g/mol. The maximum Gasteiger partial charge on any atom is 0.443 e. The largest absolute Gasteiger partial charge is 0.443 e. The van der Waals surface area contributed by atoms with Crippen LogP contribution in [0, 0.1) is 11.8 Å². The van der Waals surface area contributed by atoms with Crippen LogP contribution in [0.15, 0.2) is 6.20 Å². The molecule has 0 fully saturated rings. The average Bonchev–Trinajstić information content (AvgIpc) is 2.61. The number of nitrogens with zero attached hydrogens (tertiary/aromatic N) is 1. The highest BCUT2D eigenvalue weighted by Crippen LogP contribution is 2.41. The first-order valence-corrected chi connectivity index (χ1v) is 7.12. The molecule has 0 bridgehead atoms. The highest BCUT2D eigenvalue weighted by atomic mass is 32.1. The van der Waals surface area contributed by atoms with Crippen molar-refractivity contribution in [1.29, 1.82) is 0 Å². The molecule has 0 spiro atoms. The van der Waals surface area contributed by atoms with Crippen LogP contribution in [0.25, 0.3) is 0 Å². The Morgan fingerprint density at radius 1 is 1.16 bits per heavy atom. The van der Waals surface area contributed by atoms with Crippen molar-refractivity contribution in [2.24, 2.45) is 11.8 Å². The molecule has 0 saturated carbocycles. The molecule has 6 heteroatoms. The van der Waals surface area contributed by atoms with Gasteiger partial charge < -0.3 is 5.11 Å². The molecule has 0 atom stereocenters. The Labute approximate surface area is 115 Å². The molecule has 1 rings (SSSR count). The van der Waals surface area contributed by atoms with Crippen molar-refractivity contribution in [1.82, 2.24) is 4.98 Å². The van der Waals surface area contributed by atoms with Crippen LogP contribution in [0.3, 0.4) is 0 Å². The van der Waals surface area contributed by atoms with E-state index in [2.05, 4.69) is 4.98 Å². The van der Waals surface area contributed by atoms with Crippen molar-refractivity contribution in [2.75, 3.05) is 0 Å². The van der Waals surface area contributed by atoms with Gasteiger partial charge >= 0.3 is 6.18 Å². The molecule has 2 nitrogen and oxygen atoms in total. The Morgan fingerprint density at radius 3 is 1.95 bits per heavy atom. The predicted octanol–water partition coefficient (Wildman–Crippen LogP) is 4.44. The Hall–Kier alpha value is -0.620. The molecule has 0 aliphatic carbocycles. The Kier molecular flexibility index (Phi) is 5.01. The summed E-state index contributed by atoms with van der Waals surface area (Å²) in [5.74, 6) is 0.389. The number of aliphatic hydroxyl groups is 1. The molecule has 110 valence electrons. The number of hydrogen-bond acceptors (Lipinski definition) is 3. The zero-order valence-electron chi connectivity index (χ0n) is 11.6. The van der Waals surface area contributed by atoms with Gasteiger partial charge in [0.1, 0.15) is 5.60 Å². The summed E-state index contributed by atoms with van der Waals surface area (Å²) in [6.45, 7) is 7.77. The van der Waals surface area contributed by atoms with E-state index in [1.807, 2.05) is 27.7 Å². The topological polar surface area (TPSA) is 33.1 Å². The molecule has 0 amide bonds. The van der Waals surface area contributed by atoms with Crippen molar-refractivity contribution < 1.29 is 18.3 Å². The first-order chi connectivity index (χ1) is 8.54. The summed E-state index contributed by atoms with van der Waals surface area (Å²) >= 11 is 0.545. The van der Waals surface area contributed by atoms with Gasteiger partial charge in [0.2, 0.25) is 0 Å². The minimum absolute atomic E-state index is 0.195. The molecule has 1 N–H and O–H groups in total. The van der Waals surface area contributed by atoms with E-state index in [1.165, 1.54) is 0 Å². The molecule has 0 aliphatic heterocycles. The van der Waals surface area contributed by atoms with E-state index in [9.17, 15) is 18.3 Å². The van der Waals surface area contributed by atoms with E-state index in [4.69, 9.17) is 0 Å². The van der Waals surface area contributed by atoms with Crippen molar-refractivity contribution in [3.8, 4) is 0 Å². The van der Waals surface area contributed by atoms with Gasteiger partial charge in [0, 0.05) is 6.20 Å². The lowest BCUT2D eigenvalue weighted by Crippen LogP contribution is -2.28. The van der Waals surface area contributed by atoms with Gasteiger partial charge in [-0.05, 0) is 24.7 Å². The van der Waals surface area contributed by atoms with Crippen LogP contribution in [-0.2, 0) is 11.8 Å². The number of hydrogen-bond donors (Lipinski definition) is 1. The number of alkyl halides is 3. The minimum Gasteiger partial charge on any atom is -0.384 e. The standard InChI is InChI=1S/C13H20F3NOS/c1-8(2)5-12(18,6-9(3)4)10-7-17-11(19-10)13(14,15)16/h7-9,18H,5-6H2,1-4H3. The third-order valence-corrected chi connectivity index (χ3v) is 3.93. The lowest BCUT2D eigenvalue weighted by atomic mass is 9.84. The van der Waals surface area contributed by atoms with Crippen LogP contribution >= 0.6 is 11.3 Å². The molecule has 1 aromatic heterocycles. The molecular formula is C13H20F3NOS. The van der Waals surface area contributed by atoms with E-state index in [-0.39, 0.29) is 11.8 Å². The second-order valence-corrected chi connectivity index (χ2v) is 6.79. The summed E-state index contributed by atoms with van der Waals surface area (Å²) in [4.78, 5) is 3.71. The first-order valence-electron chi connectivity index (χ1n) is 6.30. The van der Waals surface area contributed by atoms with Gasteiger partial charge in [0.25, 0.3) is 0 Å². The lowest BCUT2D eigenvalue weighted by Gasteiger charge is -2.30. The SMILES string of the molecule is CC(C)CC(O)(CC(C)C)c1cnc(C(F)(F)F)s1. The highest BCUT2D eigenvalue weighted by molar-refractivity contribution is 7.11. The van der Waals surface area contributed by atoms with Crippen LogP contribution < -0.4 is 0 Å². The lowest BCUT2D eigenvalue weighted by molar-refractivity contribution is -0.137. The summed E-state index contributed by atoms with van der Waals surface area (Å²) in [6, 6.07) is 0. The summed E-state index contributed by atoms with van der Waals surface area (Å²) in [7, 11) is 0. The summed E-state index contributed by atoms with van der Waals surface area (Å²) in [6.07, 6.45) is -2.41. The summed E-state index contributed by atoms with van der Waals surface area (Å²) < 4.78 is 37.7. The van der Waals surface area contributed by atoms with Crippen molar-refractivity contribution in [3.63, 3.8) is 0 Å². The van der Waals surface area contributed by atoms with Gasteiger partial charge in [-0.3, -0.25) is 0 Å². The fourth-order valence-electron chi connectivity index (χ4n) is 2.26. The van der Waals surface area contributed by atoms with Crippen LogP contribution in [0.5, 0.6) is 0 Å². The maximum atomic E-state index is 12.6. The van der Waals surface area contributed by atoms with Crippen LogP contribution in [0.2, 0.25) is 0 Å². The van der Waals surface area contributed by atoms with E-state index < -0.39 is 16.8 Å². The van der Waals surface area contributed by atoms with E-state index >= 15 is 0 Å². The third kappa shape index (κ3) is 4.45. The van der Waals surface area contributed by atoms with E-state index in [1.54, 1.807) is 0 Å². The highest BCUT2D eigenvalue weighted by Gasteiger charge is 2.39. The number of rotatable bonds is 5. The third-order valence-electron chi connectivity index (χ3n) is 2.70. The zero-order valence-corrected chi connectivity index (χ0v) is 12.4. The summed E-state index contributed by atoms with van der Waals surface area (Å²) in [5, 5.41) is 9.81. The molecule has 0 saturated heterocycles. The van der Waals surface area contributed by atoms with Crippen LogP contribution in [0.1, 0.15) is 50.4 Å². The van der Waals surface area contributed by atoms with Crippen molar-refractivity contribution >= 4 is 11.3 Å². The van der Waals surface area contributed by atoms with Crippen molar-refractivity contribution in [3.05, 3.63) is 16.1 Å². The molecule has 19 heavy (non-hydrogen) atoms. The maximum absolute atomic E-state index is 12.6. The van der Waals surface area contributed by atoms with E-state index in [0.29, 0.717) is 29.1 Å². The Morgan fingerprint density at radius 2 is 1.63 bits per heavy atom. The molecule has 0 unspecified atom stereocenters. The zero-order chi connectivity index (χ0) is 14.8. The molecule has 1 aromatic rings. The molecule has 0 aliphatic rings. The van der Waals surface area contributed by atoms with Crippen LogP contribution in [-0.4, -0.2) is 10.1 Å². The number of aromatic nitrogens is 1. The van der Waals surface area contributed by atoms with Crippen LogP contribution in [0.4, 0.5) is 13.2 Å². The van der Waals surface area contributed by atoms with E-state index in [0.717, 1.165) is 6.20 Å². The van der Waals surface area contributed by atoms with Gasteiger partial charge in [-0.25, -0.2) is 4.98 Å². The van der Waals surface area contributed by atoms with Gasteiger partial charge in [0.05, 0.1) is 4.88 Å². The average molecular weight is 295 g/mol. The van der Waals surface area contributed by atoms with Gasteiger partial charge in [-0.2, -0.15) is 13.2 Å². The molecule has 0 radical (unpaired) electrons. The minimum atomic E-state index is -4.44. The second-order valence-electron chi connectivity index (χ2n) is 5.75. The quantitative estimate of drug-likeness (QED) is 0.871. The van der Waals surface area contributed by atoms with Crippen molar-refractivity contribution in [2.45, 2.75) is 52.3 Å². The Balaban J connectivity index is 3.07. The fourth-order valence-corrected chi connectivity index (χ4v) is 3.15. The van der Waals surface area contributed by atoms with Gasteiger partial charge in [-0.1, -0.05) is 27.7 Å². The predicted molar refractivity (Wildman–Crippen MR) is 69.9 cm³/mol. The fraction of sp³-hybridized carbons (Fsp3) is 0.769. The number of halogens is 3. The smallest absolute Gasteiger partial charge is 0.384 e. The van der Waals surface area contributed by atoms with Gasteiger partial charge in [0.15, 0.2) is 5.01 Å².